The number of benzene rings is 1. The number of hydrogen-bond acceptors (Lipinski definition) is 1. The number of fused-ring (bicyclic) bond motifs is 1. The lowest BCUT2D eigenvalue weighted by Crippen LogP contribution is -2.34. The maximum Gasteiger partial charge on any atom is 0.310 e. The van der Waals surface area contributed by atoms with Gasteiger partial charge in [-0.1, -0.05) is 59.2 Å². The van der Waals surface area contributed by atoms with E-state index in [1.54, 1.807) is 0 Å². The summed E-state index contributed by atoms with van der Waals surface area (Å²) < 4.78 is 0. The number of carbonyl (C=O) groups is 1. The quantitative estimate of drug-likeness (QED) is 0.846. The Bertz CT molecular complexity index is 540. The summed E-state index contributed by atoms with van der Waals surface area (Å²) in [5.41, 5.74) is 4.03. The monoisotopic (exact) mass is 288 g/mol. The van der Waals surface area contributed by atoms with Crippen LogP contribution < -0.4 is 0 Å². The van der Waals surface area contributed by atoms with Crippen LogP contribution in [-0.4, -0.2) is 11.1 Å². The first-order chi connectivity index (χ1) is 9.69. The first kappa shape index (κ1) is 16.1. The van der Waals surface area contributed by atoms with Crippen LogP contribution in [-0.2, 0) is 15.6 Å². The highest BCUT2D eigenvalue weighted by Gasteiger charge is 2.37. The Labute approximate surface area is 128 Å². The van der Waals surface area contributed by atoms with Crippen molar-refractivity contribution in [2.75, 3.05) is 0 Å². The van der Waals surface area contributed by atoms with Crippen molar-refractivity contribution in [3.05, 3.63) is 34.9 Å². The predicted molar refractivity (Wildman–Crippen MR) is 87.0 cm³/mol. The van der Waals surface area contributed by atoms with Gasteiger partial charge < -0.3 is 5.11 Å². The smallest absolute Gasteiger partial charge is 0.310 e. The molecule has 1 aliphatic rings. The highest BCUT2D eigenvalue weighted by molar-refractivity contribution is 5.76. The Kier molecular flexibility index (Phi) is 4.19. The standard InChI is InChI=1S/C19H28O2/c1-6-7-14(17(20)21)13-8-9-15-16(12-13)19(4,5)11-10-18(15,2)3/h8-9,12,14H,6-7,10-11H2,1-5H3,(H,20,21)/t14-/m0/s1. The normalized spacial score (nSPS) is 20.6. The molecule has 1 atom stereocenters. The second-order valence-electron chi connectivity index (χ2n) is 7.75. The van der Waals surface area contributed by atoms with E-state index in [-0.39, 0.29) is 16.7 Å². The van der Waals surface area contributed by atoms with Crippen molar-refractivity contribution in [1.82, 2.24) is 0 Å². The average molecular weight is 288 g/mol. The van der Waals surface area contributed by atoms with Gasteiger partial charge in [-0.15, -0.1) is 0 Å². The van der Waals surface area contributed by atoms with Gasteiger partial charge in [0, 0.05) is 0 Å². The zero-order valence-corrected chi connectivity index (χ0v) is 14.0. The molecule has 0 bridgehead atoms. The van der Waals surface area contributed by atoms with Crippen molar-refractivity contribution in [2.45, 2.75) is 77.0 Å². The van der Waals surface area contributed by atoms with E-state index in [0.717, 1.165) is 18.4 Å². The van der Waals surface area contributed by atoms with Crippen LogP contribution in [0.1, 0.15) is 82.9 Å². The fourth-order valence-electron chi connectivity index (χ4n) is 3.54. The second-order valence-corrected chi connectivity index (χ2v) is 7.75. The zero-order valence-electron chi connectivity index (χ0n) is 14.0. The lowest BCUT2D eigenvalue weighted by Gasteiger charge is -2.42. The van der Waals surface area contributed by atoms with Gasteiger partial charge in [-0.3, -0.25) is 4.79 Å². The third-order valence-electron chi connectivity index (χ3n) is 5.15. The van der Waals surface area contributed by atoms with Crippen LogP contribution in [0.2, 0.25) is 0 Å². The molecule has 0 unspecified atom stereocenters. The molecule has 0 saturated heterocycles. The largest absolute Gasteiger partial charge is 0.481 e. The molecule has 0 fully saturated rings. The molecule has 0 radical (unpaired) electrons. The molecule has 0 aliphatic heterocycles. The van der Waals surface area contributed by atoms with E-state index < -0.39 is 5.97 Å². The summed E-state index contributed by atoms with van der Waals surface area (Å²) in [6, 6.07) is 6.39. The molecule has 0 saturated carbocycles. The van der Waals surface area contributed by atoms with E-state index in [1.807, 2.05) is 13.0 Å². The minimum absolute atomic E-state index is 0.135. The summed E-state index contributed by atoms with van der Waals surface area (Å²) in [6.07, 6.45) is 3.94. The van der Waals surface area contributed by atoms with E-state index in [0.29, 0.717) is 6.42 Å². The third kappa shape index (κ3) is 3.00. The maximum absolute atomic E-state index is 11.5. The molecular weight excluding hydrogens is 260 g/mol. The highest BCUT2D eigenvalue weighted by atomic mass is 16.4. The molecule has 1 aliphatic carbocycles. The summed E-state index contributed by atoms with van der Waals surface area (Å²) in [4.78, 5) is 11.5. The minimum atomic E-state index is -0.704. The summed E-state index contributed by atoms with van der Waals surface area (Å²) in [7, 11) is 0. The highest BCUT2D eigenvalue weighted by Crippen LogP contribution is 2.46. The zero-order chi connectivity index (χ0) is 15.8. The van der Waals surface area contributed by atoms with Crippen LogP contribution in [0.25, 0.3) is 0 Å². The van der Waals surface area contributed by atoms with E-state index in [9.17, 15) is 9.90 Å². The Morgan fingerprint density at radius 2 is 1.71 bits per heavy atom. The van der Waals surface area contributed by atoms with Crippen molar-refractivity contribution in [1.29, 1.82) is 0 Å². The van der Waals surface area contributed by atoms with Crippen LogP contribution >= 0.6 is 0 Å². The van der Waals surface area contributed by atoms with Gasteiger partial charge in [0.05, 0.1) is 5.92 Å². The molecule has 2 heteroatoms. The van der Waals surface area contributed by atoms with Crippen LogP contribution in [0.3, 0.4) is 0 Å². The van der Waals surface area contributed by atoms with Crippen molar-refractivity contribution in [2.24, 2.45) is 0 Å². The summed E-state index contributed by atoms with van der Waals surface area (Å²) >= 11 is 0. The SMILES string of the molecule is CCC[C@H](C(=O)O)c1ccc2c(c1)C(C)(C)CCC2(C)C. The molecule has 1 aromatic rings. The van der Waals surface area contributed by atoms with Gasteiger partial charge in [0.1, 0.15) is 0 Å². The van der Waals surface area contributed by atoms with Crippen molar-refractivity contribution >= 4 is 5.97 Å². The van der Waals surface area contributed by atoms with E-state index in [4.69, 9.17) is 0 Å². The molecule has 0 amide bonds. The molecular formula is C19H28O2. The molecule has 2 nitrogen and oxygen atoms in total. The fraction of sp³-hybridized carbons (Fsp3) is 0.632. The van der Waals surface area contributed by atoms with Gasteiger partial charge in [0.15, 0.2) is 0 Å². The van der Waals surface area contributed by atoms with Gasteiger partial charge in [0.2, 0.25) is 0 Å². The van der Waals surface area contributed by atoms with Gasteiger partial charge in [-0.25, -0.2) is 0 Å². The maximum atomic E-state index is 11.5. The fourth-order valence-corrected chi connectivity index (χ4v) is 3.54. The molecule has 0 heterocycles. The molecule has 0 spiro atoms. The van der Waals surface area contributed by atoms with Crippen LogP contribution in [0.5, 0.6) is 0 Å². The summed E-state index contributed by atoms with van der Waals surface area (Å²) in [6.45, 7) is 11.2. The van der Waals surface area contributed by atoms with E-state index >= 15 is 0 Å². The Hall–Kier alpha value is -1.31. The van der Waals surface area contributed by atoms with Crippen molar-refractivity contribution in [3.63, 3.8) is 0 Å². The van der Waals surface area contributed by atoms with E-state index in [1.165, 1.54) is 17.5 Å². The lowest BCUT2D eigenvalue weighted by atomic mass is 9.62. The Morgan fingerprint density at radius 1 is 1.14 bits per heavy atom. The number of rotatable bonds is 4. The average Bonchev–Trinajstić information content (AvgIpc) is 2.41. The van der Waals surface area contributed by atoms with Crippen molar-refractivity contribution in [3.8, 4) is 0 Å². The van der Waals surface area contributed by atoms with Crippen LogP contribution in [0.4, 0.5) is 0 Å². The first-order valence-electron chi connectivity index (χ1n) is 8.07. The number of aliphatic carboxylic acids is 1. The third-order valence-corrected chi connectivity index (χ3v) is 5.15. The molecule has 1 N–H and O–H groups in total. The van der Waals surface area contributed by atoms with Crippen LogP contribution in [0.15, 0.2) is 18.2 Å². The first-order valence-corrected chi connectivity index (χ1v) is 8.07. The number of carboxylic acids is 1. The van der Waals surface area contributed by atoms with Gasteiger partial charge in [-0.2, -0.15) is 0 Å². The lowest BCUT2D eigenvalue weighted by molar-refractivity contribution is -0.139. The molecule has 1 aromatic carbocycles. The molecule has 21 heavy (non-hydrogen) atoms. The minimum Gasteiger partial charge on any atom is -0.481 e. The predicted octanol–water partition coefficient (Wildman–Crippen LogP) is 5.00. The van der Waals surface area contributed by atoms with Gasteiger partial charge in [0.25, 0.3) is 0 Å². The second kappa shape index (κ2) is 5.47. The number of carboxylic acid groups (broad SMARTS) is 1. The Morgan fingerprint density at radius 3 is 2.24 bits per heavy atom. The van der Waals surface area contributed by atoms with Gasteiger partial charge in [-0.05, 0) is 46.8 Å². The van der Waals surface area contributed by atoms with Crippen LogP contribution in [0, 0.1) is 0 Å². The van der Waals surface area contributed by atoms with Gasteiger partial charge >= 0.3 is 5.97 Å². The topological polar surface area (TPSA) is 37.3 Å². The van der Waals surface area contributed by atoms with Crippen molar-refractivity contribution < 1.29 is 9.90 Å². The number of hydrogen-bond donors (Lipinski definition) is 1. The molecule has 2 rings (SSSR count). The molecule has 0 aromatic heterocycles. The molecule has 116 valence electrons. The summed E-state index contributed by atoms with van der Waals surface area (Å²) in [5, 5.41) is 9.49. The van der Waals surface area contributed by atoms with E-state index in [2.05, 4.69) is 39.8 Å². The Balaban J connectivity index is 2.53. The summed E-state index contributed by atoms with van der Waals surface area (Å²) in [5.74, 6) is -1.08.